The number of benzene rings is 2. The fourth-order valence-corrected chi connectivity index (χ4v) is 2.18. The molecule has 0 fully saturated rings. The molecule has 0 spiro atoms. The van der Waals surface area contributed by atoms with E-state index in [9.17, 15) is 30.3 Å². The second-order valence-electron chi connectivity index (χ2n) is 5.55. The Kier molecular flexibility index (Phi) is 5.16. The normalized spacial score (nSPS) is 13.7. The van der Waals surface area contributed by atoms with Gasteiger partial charge in [0.2, 0.25) is 0 Å². The second-order valence-corrected chi connectivity index (χ2v) is 7.46. The number of aromatic hydroxyl groups is 1. The average Bonchev–Trinajstić information content (AvgIpc) is 2.58. The molecule has 0 amide bonds. The van der Waals surface area contributed by atoms with Crippen molar-refractivity contribution in [2.24, 2.45) is 0 Å². The van der Waals surface area contributed by atoms with Crippen LogP contribution in [0.2, 0.25) is 0 Å². The molecule has 0 aliphatic rings. The summed E-state index contributed by atoms with van der Waals surface area (Å²) in [5.41, 5.74) is 1.54. The third kappa shape index (κ3) is 7.11. The summed E-state index contributed by atoms with van der Waals surface area (Å²) in [6, 6.07) is 14.7. The SMILES string of the molecule is COc1ccc(-c2ccc3cc(OC)c(O)cc3[o+]2)cc1.F[P-](F)(F)(F)(F)F. The molecule has 11 heteroatoms. The third-order valence-corrected chi connectivity index (χ3v) is 3.32. The van der Waals surface area contributed by atoms with Gasteiger partial charge in [-0.2, -0.15) is 0 Å². The first-order valence-electron chi connectivity index (χ1n) is 7.51. The fourth-order valence-electron chi connectivity index (χ4n) is 2.18. The van der Waals surface area contributed by atoms with E-state index in [4.69, 9.17) is 13.9 Å². The van der Waals surface area contributed by atoms with Crippen LogP contribution in [-0.2, 0) is 0 Å². The van der Waals surface area contributed by atoms with Gasteiger partial charge in [0.05, 0.1) is 31.2 Å². The molecule has 0 saturated heterocycles. The number of fused-ring (bicyclic) bond motifs is 1. The molecule has 2 aromatic carbocycles. The molecule has 28 heavy (non-hydrogen) atoms. The molecule has 3 aromatic rings. The van der Waals surface area contributed by atoms with E-state index in [0.29, 0.717) is 11.3 Å². The molecular weight excluding hydrogens is 413 g/mol. The van der Waals surface area contributed by atoms with Crippen LogP contribution >= 0.6 is 7.81 Å². The summed E-state index contributed by atoms with van der Waals surface area (Å²) in [7, 11) is -7.51. The Labute approximate surface area is 155 Å². The van der Waals surface area contributed by atoms with Crippen molar-refractivity contribution in [3.8, 4) is 28.6 Å². The first-order valence-corrected chi connectivity index (χ1v) is 9.54. The molecule has 0 aliphatic heterocycles. The predicted molar refractivity (Wildman–Crippen MR) is 94.4 cm³/mol. The van der Waals surface area contributed by atoms with Crippen molar-refractivity contribution >= 4 is 18.8 Å². The summed E-state index contributed by atoms with van der Waals surface area (Å²) in [5.74, 6) is 1.99. The quantitative estimate of drug-likeness (QED) is 0.267. The van der Waals surface area contributed by atoms with E-state index < -0.39 is 7.81 Å². The van der Waals surface area contributed by atoms with Gasteiger partial charge < -0.3 is 14.6 Å². The minimum absolute atomic E-state index is 0.0561. The van der Waals surface area contributed by atoms with Gasteiger partial charge in [0.25, 0.3) is 0 Å². The number of ether oxygens (including phenoxy) is 2. The number of phenols is 1. The van der Waals surface area contributed by atoms with Gasteiger partial charge in [0, 0.05) is 12.1 Å². The Bertz CT molecular complexity index is 977. The van der Waals surface area contributed by atoms with E-state index >= 15 is 0 Å². The third-order valence-electron chi connectivity index (χ3n) is 3.32. The number of halogens is 6. The number of methoxy groups -OCH3 is 2. The van der Waals surface area contributed by atoms with Crippen molar-refractivity contribution in [3.05, 3.63) is 48.5 Å². The second kappa shape index (κ2) is 6.70. The monoisotopic (exact) mass is 428 g/mol. The van der Waals surface area contributed by atoms with Gasteiger partial charge in [-0.05, 0) is 30.3 Å². The van der Waals surface area contributed by atoms with E-state index in [1.807, 2.05) is 36.4 Å². The Hall–Kier alpha value is -2.74. The van der Waals surface area contributed by atoms with Gasteiger partial charge in [-0.25, -0.2) is 4.42 Å². The molecule has 1 aromatic heterocycles. The van der Waals surface area contributed by atoms with E-state index in [-0.39, 0.29) is 5.75 Å². The Morgan fingerprint density at radius 3 is 1.89 bits per heavy atom. The summed E-state index contributed by atoms with van der Waals surface area (Å²) in [5, 5.41) is 10.7. The van der Waals surface area contributed by atoms with Crippen LogP contribution in [0.15, 0.2) is 52.9 Å². The van der Waals surface area contributed by atoms with Crippen LogP contribution < -0.4 is 9.47 Å². The van der Waals surface area contributed by atoms with Crippen molar-refractivity contribution in [1.29, 1.82) is 0 Å². The average molecular weight is 428 g/mol. The molecule has 1 heterocycles. The molecule has 0 radical (unpaired) electrons. The molecule has 0 atom stereocenters. The van der Waals surface area contributed by atoms with Gasteiger partial charge in [-0.15, -0.1) is 0 Å². The molecule has 4 nitrogen and oxygen atoms in total. The molecule has 0 unspecified atom stereocenters. The summed E-state index contributed by atoms with van der Waals surface area (Å²) >= 11 is 0. The van der Waals surface area contributed by atoms with E-state index in [0.717, 1.165) is 22.5 Å². The van der Waals surface area contributed by atoms with Crippen LogP contribution in [0, 0.1) is 0 Å². The number of phenolic OH excluding ortho intramolecular Hbond substituents is 1. The standard InChI is InChI=1S/C17H14O4.F6P/c1-19-13-6-3-11(4-7-13)15-8-5-12-9-17(20-2)14(18)10-16(12)21-15;1-7(2,3,4,5)6/h3-10H,1-2H3;/q;-1/p+1. The first-order chi connectivity index (χ1) is 12.7. The van der Waals surface area contributed by atoms with Gasteiger partial charge in [0.15, 0.2) is 11.5 Å². The molecule has 1 N–H and O–H groups in total. The van der Waals surface area contributed by atoms with Gasteiger partial charge in [0.1, 0.15) is 5.75 Å². The van der Waals surface area contributed by atoms with Crippen LogP contribution in [0.5, 0.6) is 17.2 Å². The zero-order valence-corrected chi connectivity index (χ0v) is 15.4. The Morgan fingerprint density at radius 1 is 0.821 bits per heavy atom. The topological polar surface area (TPSA) is 50.0 Å². The first kappa shape index (κ1) is 21.6. The van der Waals surface area contributed by atoms with Crippen molar-refractivity contribution in [2.75, 3.05) is 14.2 Å². The van der Waals surface area contributed by atoms with Crippen LogP contribution in [0.4, 0.5) is 25.2 Å². The Morgan fingerprint density at radius 2 is 1.39 bits per heavy atom. The molecule has 0 saturated carbocycles. The van der Waals surface area contributed by atoms with Gasteiger partial charge in [-0.1, -0.05) is 0 Å². The van der Waals surface area contributed by atoms with E-state index in [2.05, 4.69) is 0 Å². The fraction of sp³-hybridized carbons (Fsp3) is 0.118. The van der Waals surface area contributed by atoms with Crippen LogP contribution in [0.3, 0.4) is 0 Å². The minimum atomic E-state index is -10.7. The van der Waals surface area contributed by atoms with Crippen LogP contribution in [0.25, 0.3) is 22.3 Å². The predicted octanol–water partition coefficient (Wildman–Crippen LogP) is 7.49. The van der Waals surface area contributed by atoms with Crippen molar-refractivity contribution in [3.63, 3.8) is 0 Å². The Balaban J connectivity index is 0.000000345. The summed E-state index contributed by atoms with van der Waals surface area (Å²) in [4.78, 5) is 0. The maximum atomic E-state index is 9.87. The summed E-state index contributed by atoms with van der Waals surface area (Å²) in [6.45, 7) is 0. The maximum absolute atomic E-state index is 10.7. The van der Waals surface area contributed by atoms with E-state index in [1.54, 1.807) is 19.2 Å². The molecule has 154 valence electrons. The van der Waals surface area contributed by atoms with Crippen molar-refractivity contribution < 1.29 is 44.2 Å². The molecule has 0 aliphatic carbocycles. The molecule has 0 bridgehead atoms. The number of hydrogen-bond donors (Lipinski definition) is 1. The van der Waals surface area contributed by atoms with Crippen LogP contribution in [0.1, 0.15) is 0 Å². The van der Waals surface area contributed by atoms with Crippen molar-refractivity contribution in [2.45, 2.75) is 0 Å². The molecular formula is C17H15F6O4P. The van der Waals surface area contributed by atoms with E-state index in [1.165, 1.54) is 7.11 Å². The summed E-state index contributed by atoms with van der Waals surface area (Å²) in [6.07, 6.45) is 0. The molecule has 3 rings (SSSR count). The van der Waals surface area contributed by atoms with Gasteiger partial charge in [-0.3, -0.25) is 0 Å². The van der Waals surface area contributed by atoms with Crippen LogP contribution in [-0.4, -0.2) is 19.3 Å². The zero-order chi connectivity index (χ0) is 21.2. The zero-order valence-electron chi connectivity index (χ0n) is 14.5. The van der Waals surface area contributed by atoms with Crippen molar-refractivity contribution in [1.82, 2.24) is 0 Å². The summed E-state index contributed by atoms with van der Waals surface area (Å²) < 4.78 is 75.3. The van der Waals surface area contributed by atoms with Gasteiger partial charge >= 0.3 is 44.3 Å². The number of rotatable bonds is 3. The number of hydrogen-bond acceptors (Lipinski definition) is 3.